The topological polar surface area (TPSA) is 69.6 Å². The molecule has 0 amide bonds. The summed E-state index contributed by atoms with van der Waals surface area (Å²) in [5.74, 6) is -0.0721. The summed E-state index contributed by atoms with van der Waals surface area (Å²) < 4.78 is 22.7. The van der Waals surface area contributed by atoms with Crippen molar-refractivity contribution in [2.24, 2.45) is 0 Å². The molecule has 20 heavy (non-hydrogen) atoms. The average Bonchev–Trinajstić information content (AvgIpc) is 2.68. The first-order valence-corrected chi connectivity index (χ1v) is 8.68. The van der Waals surface area contributed by atoms with Gasteiger partial charge in [-0.25, -0.2) is 8.42 Å². The standard InChI is InChI=1S/C14H22N2O3S/c1-16(12-6-3-2-4-7-12)9-5-8-15-13-10-20(18,19)11-14(13)17/h2-4,6-7,13-15,17H,5,8-11H2,1H3. The third-order valence-corrected chi connectivity index (χ3v) is 5.31. The normalized spacial score (nSPS) is 24.7. The van der Waals surface area contributed by atoms with Crippen molar-refractivity contribution in [1.82, 2.24) is 5.32 Å². The summed E-state index contributed by atoms with van der Waals surface area (Å²) in [5, 5.41) is 12.8. The zero-order valence-electron chi connectivity index (χ0n) is 11.7. The average molecular weight is 298 g/mol. The SMILES string of the molecule is CN(CCCNC1CS(=O)(=O)CC1O)c1ccccc1. The van der Waals surface area contributed by atoms with E-state index < -0.39 is 15.9 Å². The largest absolute Gasteiger partial charge is 0.390 e. The lowest BCUT2D eigenvalue weighted by molar-refractivity contribution is 0.166. The van der Waals surface area contributed by atoms with Crippen LogP contribution in [0.1, 0.15) is 6.42 Å². The zero-order chi connectivity index (χ0) is 14.6. The molecule has 2 atom stereocenters. The van der Waals surface area contributed by atoms with Crippen molar-refractivity contribution in [1.29, 1.82) is 0 Å². The molecule has 0 aliphatic carbocycles. The van der Waals surface area contributed by atoms with Gasteiger partial charge in [-0.1, -0.05) is 18.2 Å². The summed E-state index contributed by atoms with van der Waals surface area (Å²) in [6.45, 7) is 1.58. The Morgan fingerprint density at radius 3 is 2.60 bits per heavy atom. The number of benzene rings is 1. The molecule has 1 fully saturated rings. The molecule has 1 saturated heterocycles. The molecule has 1 aliphatic heterocycles. The van der Waals surface area contributed by atoms with E-state index in [1.807, 2.05) is 25.2 Å². The van der Waals surface area contributed by atoms with Gasteiger partial charge < -0.3 is 15.3 Å². The number of hydrogen-bond donors (Lipinski definition) is 2. The van der Waals surface area contributed by atoms with Gasteiger partial charge in [0.1, 0.15) is 0 Å². The van der Waals surface area contributed by atoms with E-state index in [-0.39, 0.29) is 17.5 Å². The van der Waals surface area contributed by atoms with Gasteiger partial charge in [0.05, 0.1) is 17.6 Å². The van der Waals surface area contributed by atoms with E-state index in [1.165, 1.54) is 0 Å². The van der Waals surface area contributed by atoms with E-state index >= 15 is 0 Å². The van der Waals surface area contributed by atoms with Crippen LogP contribution in [-0.4, -0.2) is 57.3 Å². The minimum Gasteiger partial charge on any atom is -0.390 e. The van der Waals surface area contributed by atoms with Crippen LogP contribution in [0.3, 0.4) is 0 Å². The number of para-hydroxylation sites is 1. The lowest BCUT2D eigenvalue weighted by Crippen LogP contribution is -2.40. The molecule has 1 heterocycles. The van der Waals surface area contributed by atoms with Crippen LogP contribution in [0, 0.1) is 0 Å². The molecule has 0 spiro atoms. The highest BCUT2D eigenvalue weighted by molar-refractivity contribution is 7.91. The van der Waals surface area contributed by atoms with Crippen LogP contribution in [0.5, 0.6) is 0 Å². The van der Waals surface area contributed by atoms with Gasteiger partial charge in [-0.2, -0.15) is 0 Å². The van der Waals surface area contributed by atoms with Gasteiger partial charge in [0, 0.05) is 25.3 Å². The number of sulfone groups is 1. The van der Waals surface area contributed by atoms with Gasteiger partial charge in [0.15, 0.2) is 9.84 Å². The van der Waals surface area contributed by atoms with Crippen LogP contribution in [0.2, 0.25) is 0 Å². The van der Waals surface area contributed by atoms with E-state index in [1.54, 1.807) is 0 Å². The van der Waals surface area contributed by atoms with E-state index in [9.17, 15) is 13.5 Å². The Morgan fingerprint density at radius 1 is 1.30 bits per heavy atom. The van der Waals surface area contributed by atoms with E-state index in [2.05, 4.69) is 22.3 Å². The second-order valence-corrected chi connectivity index (χ2v) is 7.47. The second kappa shape index (κ2) is 6.56. The summed E-state index contributed by atoms with van der Waals surface area (Å²) >= 11 is 0. The third-order valence-electron chi connectivity index (χ3n) is 3.60. The molecule has 0 aromatic heterocycles. The second-order valence-electron chi connectivity index (χ2n) is 5.32. The summed E-state index contributed by atoms with van der Waals surface area (Å²) in [4.78, 5) is 2.16. The smallest absolute Gasteiger partial charge is 0.154 e. The van der Waals surface area contributed by atoms with Crippen molar-refractivity contribution in [2.75, 3.05) is 36.5 Å². The highest BCUT2D eigenvalue weighted by Gasteiger charge is 2.35. The van der Waals surface area contributed by atoms with Crippen LogP contribution < -0.4 is 10.2 Å². The summed E-state index contributed by atoms with van der Waals surface area (Å²) in [6, 6.07) is 9.79. The molecule has 2 rings (SSSR count). The Labute approximate surface area is 120 Å². The summed E-state index contributed by atoms with van der Waals surface area (Å²) in [5.41, 5.74) is 1.16. The fourth-order valence-electron chi connectivity index (χ4n) is 2.44. The Morgan fingerprint density at radius 2 is 2.00 bits per heavy atom. The highest BCUT2D eigenvalue weighted by atomic mass is 32.2. The monoisotopic (exact) mass is 298 g/mol. The first kappa shape index (κ1) is 15.3. The summed E-state index contributed by atoms with van der Waals surface area (Å²) in [7, 11) is -1.03. The fraction of sp³-hybridized carbons (Fsp3) is 0.571. The van der Waals surface area contributed by atoms with Crippen molar-refractivity contribution in [2.45, 2.75) is 18.6 Å². The van der Waals surface area contributed by atoms with Gasteiger partial charge in [0.25, 0.3) is 0 Å². The predicted molar refractivity (Wildman–Crippen MR) is 80.8 cm³/mol. The van der Waals surface area contributed by atoms with Crippen molar-refractivity contribution in [3.05, 3.63) is 30.3 Å². The minimum absolute atomic E-state index is 0.0443. The van der Waals surface area contributed by atoms with Crippen molar-refractivity contribution in [3.8, 4) is 0 Å². The predicted octanol–water partition coefficient (Wildman–Crippen LogP) is 0.260. The van der Waals surface area contributed by atoms with Crippen molar-refractivity contribution in [3.63, 3.8) is 0 Å². The number of aliphatic hydroxyl groups excluding tert-OH is 1. The number of nitrogens with zero attached hydrogens (tertiary/aromatic N) is 1. The van der Waals surface area contributed by atoms with Gasteiger partial charge in [0.2, 0.25) is 0 Å². The van der Waals surface area contributed by atoms with E-state index in [0.717, 1.165) is 18.7 Å². The maximum absolute atomic E-state index is 11.4. The van der Waals surface area contributed by atoms with Crippen LogP contribution in [0.15, 0.2) is 30.3 Å². The van der Waals surface area contributed by atoms with Gasteiger partial charge >= 0.3 is 0 Å². The number of anilines is 1. The number of hydrogen-bond acceptors (Lipinski definition) is 5. The molecule has 0 bridgehead atoms. The molecule has 1 aliphatic rings. The van der Waals surface area contributed by atoms with E-state index in [4.69, 9.17) is 0 Å². The molecule has 2 N–H and O–H groups in total. The van der Waals surface area contributed by atoms with Crippen LogP contribution in [0.25, 0.3) is 0 Å². The maximum atomic E-state index is 11.4. The molecule has 6 heteroatoms. The van der Waals surface area contributed by atoms with Crippen LogP contribution in [-0.2, 0) is 9.84 Å². The third kappa shape index (κ3) is 4.19. The number of nitrogens with one attached hydrogen (secondary N) is 1. The molecule has 0 saturated carbocycles. The Balaban J connectivity index is 1.70. The number of rotatable bonds is 6. The number of aliphatic hydroxyl groups is 1. The first-order chi connectivity index (χ1) is 9.48. The molecule has 1 aromatic rings. The lowest BCUT2D eigenvalue weighted by Gasteiger charge is -2.20. The van der Waals surface area contributed by atoms with Crippen molar-refractivity contribution < 1.29 is 13.5 Å². The minimum atomic E-state index is -3.06. The molecule has 0 radical (unpaired) electrons. The quantitative estimate of drug-likeness (QED) is 0.737. The van der Waals surface area contributed by atoms with E-state index in [0.29, 0.717) is 6.54 Å². The van der Waals surface area contributed by atoms with Crippen LogP contribution >= 0.6 is 0 Å². The lowest BCUT2D eigenvalue weighted by atomic mass is 10.2. The molecule has 1 aromatic carbocycles. The Bertz CT molecular complexity index is 518. The zero-order valence-corrected chi connectivity index (χ0v) is 12.5. The van der Waals surface area contributed by atoms with Crippen LogP contribution in [0.4, 0.5) is 5.69 Å². The molecular formula is C14H22N2O3S. The Hall–Kier alpha value is -1.11. The Kier molecular flexibility index (Phi) is 5.01. The molecule has 112 valence electrons. The fourth-order valence-corrected chi connectivity index (χ4v) is 4.22. The molecule has 5 nitrogen and oxygen atoms in total. The molecule has 2 unspecified atom stereocenters. The van der Waals surface area contributed by atoms with Gasteiger partial charge in [-0.15, -0.1) is 0 Å². The first-order valence-electron chi connectivity index (χ1n) is 6.86. The van der Waals surface area contributed by atoms with Gasteiger partial charge in [-0.3, -0.25) is 0 Å². The summed E-state index contributed by atoms with van der Waals surface area (Å²) in [6.07, 6.45) is 0.126. The maximum Gasteiger partial charge on any atom is 0.154 e. The molecular weight excluding hydrogens is 276 g/mol. The highest BCUT2D eigenvalue weighted by Crippen LogP contribution is 2.13. The van der Waals surface area contributed by atoms with Crippen molar-refractivity contribution >= 4 is 15.5 Å². The van der Waals surface area contributed by atoms with Gasteiger partial charge in [-0.05, 0) is 25.1 Å².